The molecule has 0 radical (unpaired) electrons. The molecule has 3 N–H and O–H groups in total. The Balaban J connectivity index is 2.11. The van der Waals surface area contributed by atoms with Crippen molar-refractivity contribution < 1.29 is 8.78 Å². The molecule has 2 rings (SSSR count). The maximum absolute atomic E-state index is 13.8. The van der Waals surface area contributed by atoms with Crippen LogP contribution >= 0.6 is 11.6 Å². The van der Waals surface area contributed by atoms with Gasteiger partial charge in [0.1, 0.15) is 11.6 Å². The van der Waals surface area contributed by atoms with Crippen molar-refractivity contribution in [2.24, 2.45) is 5.84 Å². The molecule has 2 aromatic carbocycles. The quantitative estimate of drug-likeness (QED) is 0.657. The van der Waals surface area contributed by atoms with Gasteiger partial charge in [-0.25, -0.2) is 8.78 Å². The van der Waals surface area contributed by atoms with Gasteiger partial charge in [-0.15, -0.1) is 0 Å². The predicted octanol–water partition coefficient (Wildman–Crippen LogP) is 3.24. The van der Waals surface area contributed by atoms with E-state index in [0.717, 1.165) is 5.56 Å². The smallest absolute Gasteiger partial charge is 0.145 e. The summed E-state index contributed by atoms with van der Waals surface area (Å²) in [6.45, 7) is 0. The molecule has 0 aliphatic rings. The number of benzene rings is 2. The first-order valence-corrected chi connectivity index (χ1v) is 6.61. The highest BCUT2D eigenvalue weighted by atomic mass is 35.5. The van der Waals surface area contributed by atoms with Gasteiger partial charge in [0.25, 0.3) is 0 Å². The summed E-state index contributed by atoms with van der Waals surface area (Å²) in [4.78, 5) is 0. The van der Waals surface area contributed by atoms with Crippen LogP contribution in [0.5, 0.6) is 0 Å². The maximum Gasteiger partial charge on any atom is 0.145 e. The highest BCUT2D eigenvalue weighted by Crippen LogP contribution is 2.20. The van der Waals surface area contributed by atoms with Gasteiger partial charge in [0, 0.05) is 6.04 Å². The Bertz CT molecular complexity index is 590. The van der Waals surface area contributed by atoms with Gasteiger partial charge in [0.05, 0.1) is 5.02 Å². The molecule has 2 aromatic rings. The molecule has 5 heteroatoms. The topological polar surface area (TPSA) is 38.0 Å². The Morgan fingerprint density at radius 2 is 1.85 bits per heavy atom. The van der Waals surface area contributed by atoms with Crippen molar-refractivity contribution in [1.82, 2.24) is 5.43 Å². The molecule has 0 saturated heterocycles. The van der Waals surface area contributed by atoms with Crippen LogP contribution in [-0.2, 0) is 12.8 Å². The van der Waals surface area contributed by atoms with E-state index >= 15 is 0 Å². The SMILES string of the molecule is NNC(Cc1cccc(F)c1)Cc1cccc(Cl)c1F. The van der Waals surface area contributed by atoms with E-state index in [-0.39, 0.29) is 16.9 Å². The van der Waals surface area contributed by atoms with E-state index in [4.69, 9.17) is 17.4 Å². The van der Waals surface area contributed by atoms with Crippen LogP contribution in [0.4, 0.5) is 8.78 Å². The zero-order valence-corrected chi connectivity index (χ0v) is 11.5. The Hall–Kier alpha value is -1.49. The Morgan fingerprint density at radius 1 is 1.10 bits per heavy atom. The Morgan fingerprint density at radius 3 is 2.55 bits per heavy atom. The van der Waals surface area contributed by atoms with Crippen LogP contribution in [0.25, 0.3) is 0 Å². The van der Waals surface area contributed by atoms with Crippen LogP contribution < -0.4 is 11.3 Å². The molecule has 1 atom stereocenters. The number of hydrogen-bond acceptors (Lipinski definition) is 2. The largest absolute Gasteiger partial charge is 0.271 e. The summed E-state index contributed by atoms with van der Waals surface area (Å²) in [5.74, 6) is 4.76. The molecule has 0 saturated carbocycles. The van der Waals surface area contributed by atoms with E-state index in [2.05, 4.69) is 5.43 Å². The fourth-order valence-electron chi connectivity index (χ4n) is 2.11. The predicted molar refractivity (Wildman–Crippen MR) is 76.3 cm³/mol. The van der Waals surface area contributed by atoms with Gasteiger partial charge in [-0.05, 0) is 42.2 Å². The molecule has 0 fully saturated rings. The third-order valence-corrected chi connectivity index (χ3v) is 3.40. The van der Waals surface area contributed by atoms with Crippen molar-refractivity contribution in [3.63, 3.8) is 0 Å². The molecule has 0 spiro atoms. The molecule has 0 heterocycles. The Kier molecular flexibility index (Phi) is 5.06. The third kappa shape index (κ3) is 3.76. The number of halogens is 3. The molecule has 1 unspecified atom stereocenters. The number of hydrogen-bond donors (Lipinski definition) is 2. The molecule has 0 aliphatic carbocycles. The van der Waals surface area contributed by atoms with Crippen LogP contribution in [0, 0.1) is 11.6 Å². The molecule has 2 nitrogen and oxygen atoms in total. The minimum Gasteiger partial charge on any atom is -0.271 e. The number of nitrogens with one attached hydrogen (secondary N) is 1. The van der Waals surface area contributed by atoms with E-state index in [0.29, 0.717) is 18.4 Å². The van der Waals surface area contributed by atoms with Gasteiger partial charge >= 0.3 is 0 Å². The van der Waals surface area contributed by atoms with Crippen molar-refractivity contribution in [2.75, 3.05) is 0 Å². The lowest BCUT2D eigenvalue weighted by atomic mass is 9.99. The fraction of sp³-hybridized carbons (Fsp3) is 0.200. The standard InChI is InChI=1S/C15H15ClF2N2/c16-14-6-2-4-11(15(14)18)9-13(20-19)8-10-3-1-5-12(17)7-10/h1-7,13,20H,8-9,19H2. The third-order valence-electron chi connectivity index (χ3n) is 3.10. The second-order valence-corrected chi connectivity index (χ2v) is 5.02. The summed E-state index contributed by atoms with van der Waals surface area (Å²) >= 11 is 5.75. The van der Waals surface area contributed by atoms with Crippen LogP contribution in [0.15, 0.2) is 42.5 Å². The minimum absolute atomic E-state index is 0.0871. The molecular formula is C15H15ClF2N2. The first kappa shape index (κ1) is 14.9. The molecular weight excluding hydrogens is 282 g/mol. The molecule has 0 bridgehead atoms. The summed E-state index contributed by atoms with van der Waals surface area (Å²) in [6, 6.07) is 10.9. The lowest BCUT2D eigenvalue weighted by molar-refractivity contribution is 0.505. The number of hydrazine groups is 1. The van der Waals surface area contributed by atoms with Gasteiger partial charge in [-0.2, -0.15) is 0 Å². The lowest BCUT2D eigenvalue weighted by Gasteiger charge is -2.16. The van der Waals surface area contributed by atoms with Crippen LogP contribution in [-0.4, -0.2) is 6.04 Å². The second-order valence-electron chi connectivity index (χ2n) is 4.61. The van der Waals surface area contributed by atoms with Gasteiger partial charge < -0.3 is 0 Å². The van der Waals surface area contributed by atoms with Crippen molar-refractivity contribution in [3.05, 3.63) is 70.2 Å². The normalized spacial score (nSPS) is 12.4. The maximum atomic E-state index is 13.8. The zero-order valence-electron chi connectivity index (χ0n) is 10.7. The van der Waals surface area contributed by atoms with E-state index in [1.807, 2.05) is 6.07 Å². The second kappa shape index (κ2) is 6.79. The van der Waals surface area contributed by atoms with Crippen LogP contribution in [0.1, 0.15) is 11.1 Å². The van der Waals surface area contributed by atoms with Crippen LogP contribution in [0.3, 0.4) is 0 Å². The first-order chi connectivity index (χ1) is 9.60. The van der Waals surface area contributed by atoms with Crippen molar-refractivity contribution in [3.8, 4) is 0 Å². The summed E-state index contributed by atoms with van der Waals surface area (Å²) in [5.41, 5.74) is 3.92. The Labute approximate surface area is 121 Å². The average molecular weight is 297 g/mol. The summed E-state index contributed by atoms with van der Waals surface area (Å²) in [6.07, 6.45) is 0.875. The molecule has 0 aliphatic heterocycles. The molecule has 106 valence electrons. The molecule has 0 amide bonds. The number of nitrogens with two attached hydrogens (primary N) is 1. The van der Waals surface area contributed by atoms with E-state index in [1.54, 1.807) is 18.2 Å². The molecule has 20 heavy (non-hydrogen) atoms. The van der Waals surface area contributed by atoms with Crippen molar-refractivity contribution in [2.45, 2.75) is 18.9 Å². The summed E-state index contributed by atoms with van der Waals surface area (Å²) < 4.78 is 27.0. The summed E-state index contributed by atoms with van der Waals surface area (Å²) in [7, 11) is 0. The fourth-order valence-corrected chi connectivity index (χ4v) is 2.30. The van der Waals surface area contributed by atoms with E-state index in [9.17, 15) is 8.78 Å². The average Bonchev–Trinajstić information content (AvgIpc) is 2.43. The van der Waals surface area contributed by atoms with Gasteiger partial charge in [0.2, 0.25) is 0 Å². The first-order valence-electron chi connectivity index (χ1n) is 6.23. The zero-order chi connectivity index (χ0) is 14.5. The summed E-state index contributed by atoms with van der Waals surface area (Å²) in [5, 5.41) is 0.0871. The molecule has 0 aromatic heterocycles. The highest BCUT2D eigenvalue weighted by molar-refractivity contribution is 6.30. The lowest BCUT2D eigenvalue weighted by Crippen LogP contribution is -2.38. The van der Waals surface area contributed by atoms with Gasteiger partial charge in [0.15, 0.2) is 0 Å². The highest BCUT2D eigenvalue weighted by Gasteiger charge is 2.13. The van der Waals surface area contributed by atoms with E-state index in [1.165, 1.54) is 18.2 Å². The minimum atomic E-state index is -0.436. The van der Waals surface area contributed by atoms with Crippen molar-refractivity contribution in [1.29, 1.82) is 0 Å². The monoisotopic (exact) mass is 296 g/mol. The van der Waals surface area contributed by atoms with Crippen LogP contribution in [0.2, 0.25) is 5.02 Å². The van der Waals surface area contributed by atoms with Gasteiger partial charge in [-0.3, -0.25) is 11.3 Å². The van der Waals surface area contributed by atoms with E-state index < -0.39 is 5.82 Å². The van der Waals surface area contributed by atoms with Gasteiger partial charge in [-0.1, -0.05) is 35.9 Å². The van der Waals surface area contributed by atoms with Crippen molar-refractivity contribution >= 4 is 11.6 Å². The number of rotatable bonds is 5.